The van der Waals surface area contributed by atoms with Gasteiger partial charge in [-0.2, -0.15) is 0 Å². The normalized spacial score (nSPS) is 14.0. The minimum absolute atomic E-state index is 0.00726. The second-order valence-electron chi connectivity index (χ2n) is 5.00. The Kier molecular flexibility index (Phi) is 6.16. The number of rotatable bonds is 6. The summed E-state index contributed by atoms with van der Waals surface area (Å²) in [6.07, 6.45) is 0. The van der Waals surface area contributed by atoms with Gasteiger partial charge in [0.15, 0.2) is 6.61 Å². The van der Waals surface area contributed by atoms with E-state index in [0.29, 0.717) is 15.6 Å². The third-order valence-corrected chi connectivity index (χ3v) is 4.72. The number of carbonyl (C=O) groups excluding carboxylic acids is 3. The largest absolute Gasteiger partial charge is 0.507 e. The number of aryl methyl sites for hydroxylation is 1. The molecule has 1 aliphatic heterocycles. The lowest BCUT2D eigenvalue weighted by Crippen LogP contribution is -2.38. The molecule has 1 saturated heterocycles. The first-order valence-electron chi connectivity index (χ1n) is 7.09. The lowest BCUT2D eigenvalue weighted by molar-refractivity contribution is -0.126. The number of phenols is 1. The van der Waals surface area contributed by atoms with Crippen LogP contribution in [0.15, 0.2) is 18.2 Å². The average Bonchev–Trinajstić information content (AvgIpc) is 2.87. The van der Waals surface area contributed by atoms with Crippen LogP contribution in [0.4, 0.5) is 0 Å². The van der Waals surface area contributed by atoms with Gasteiger partial charge in [0.05, 0.1) is 5.75 Å². The lowest BCUT2D eigenvalue weighted by atomic mass is 10.1. The van der Waals surface area contributed by atoms with Gasteiger partial charge in [0.1, 0.15) is 15.6 Å². The van der Waals surface area contributed by atoms with E-state index < -0.39 is 18.5 Å². The fourth-order valence-corrected chi connectivity index (χ4v) is 3.11. The number of aromatic hydroxyl groups is 1. The molecule has 1 fully saturated rings. The predicted octanol–water partition coefficient (Wildman–Crippen LogP) is 0.834. The highest BCUT2D eigenvalue weighted by molar-refractivity contribution is 8.23. The van der Waals surface area contributed by atoms with Crippen molar-refractivity contribution in [1.82, 2.24) is 10.2 Å². The molecule has 1 aliphatic rings. The van der Waals surface area contributed by atoms with E-state index in [0.717, 1.165) is 0 Å². The van der Waals surface area contributed by atoms with Gasteiger partial charge in [-0.25, -0.2) is 4.79 Å². The molecule has 0 radical (unpaired) electrons. The molecule has 0 unspecified atom stereocenters. The number of nitrogens with one attached hydrogen (secondary N) is 1. The number of hydrogen-bond acceptors (Lipinski definition) is 7. The smallest absolute Gasteiger partial charge is 0.342 e. The average molecular weight is 368 g/mol. The topological polar surface area (TPSA) is 95.9 Å². The molecule has 0 atom stereocenters. The summed E-state index contributed by atoms with van der Waals surface area (Å²) in [5.74, 6) is -1.20. The van der Waals surface area contributed by atoms with E-state index in [2.05, 4.69) is 5.32 Å². The first-order valence-corrected chi connectivity index (χ1v) is 8.49. The summed E-state index contributed by atoms with van der Waals surface area (Å²) in [5.41, 5.74) is 0.547. The van der Waals surface area contributed by atoms with Crippen molar-refractivity contribution in [3.8, 4) is 5.75 Å². The molecule has 0 aromatic heterocycles. The summed E-state index contributed by atoms with van der Waals surface area (Å²) in [7, 11) is 0. The highest BCUT2D eigenvalue weighted by Crippen LogP contribution is 2.22. The third-order valence-electron chi connectivity index (χ3n) is 3.29. The van der Waals surface area contributed by atoms with Gasteiger partial charge in [0.2, 0.25) is 5.91 Å². The number of carbonyl (C=O) groups is 3. The van der Waals surface area contributed by atoms with Crippen LogP contribution in [0.2, 0.25) is 0 Å². The molecule has 1 heterocycles. The Labute approximate surface area is 148 Å². The molecule has 2 N–H and O–H groups in total. The van der Waals surface area contributed by atoms with Crippen LogP contribution in [0.25, 0.3) is 0 Å². The molecule has 0 saturated carbocycles. The maximum atomic E-state index is 11.9. The predicted molar refractivity (Wildman–Crippen MR) is 92.9 cm³/mol. The second-order valence-corrected chi connectivity index (χ2v) is 6.61. The van der Waals surface area contributed by atoms with Crippen LogP contribution in [-0.2, 0) is 14.3 Å². The first-order chi connectivity index (χ1) is 11.4. The quantitative estimate of drug-likeness (QED) is 0.567. The SMILES string of the molecule is Cc1cccc(C(=O)OCC(=O)NCCN2C(=O)CSC2=S)c1O. The molecular weight excluding hydrogens is 352 g/mol. The number of ether oxygens (including phenoxy) is 1. The number of nitrogens with zero attached hydrogens (tertiary/aromatic N) is 1. The maximum absolute atomic E-state index is 11.9. The summed E-state index contributed by atoms with van der Waals surface area (Å²) in [6.45, 7) is 1.67. The van der Waals surface area contributed by atoms with Gasteiger partial charge in [-0.05, 0) is 18.6 Å². The minimum Gasteiger partial charge on any atom is -0.507 e. The van der Waals surface area contributed by atoms with Crippen molar-refractivity contribution in [1.29, 1.82) is 0 Å². The van der Waals surface area contributed by atoms with E-state index in [1.165, 1.54) is 22.7 Å². The zero-order chi connectivity index (χ0) is 17.7. The summed E-state index contributed by atoms with van der Waals surface area (Å²) >= 11 is 6.31. The third kappa shape index (κ3) is 4.45. The number of benzene rings is 1. The Morgan fingerprint density at radius 2 is 2.21 bits per heavy atom. The van der Waals surface area contributed by atoms with E-state index >= 15 is 0 Å². The Balaban J connectivity index is 1.75. The fourth-order valence-electron chi connectivity index (χ4n) is 1.99. The number of amides is 2. The van der Waals surface area contributed by atoms with Crippen molar-refractivity contribution in [2.75, 3.05) is 25.4 Å². The van der Waals surface area contributed by atoms with Crippen molar-refractivity contribution in [3.05, 3.63) is 29.3 Å². The molecule has 0 aliphatic carbocycles. The molecule has 0 bridgehead atoms. The zero-order valence-corrected chi connectivity index (χ0v) is 14.5. The van der Waals surface area contributed by atoms with Gasteiger partial charge in [0, 0.05) is 13.1 Å². The van der Waals surface area contributed by atoms with Crippen molar-refractivity contribution in [2.24, 2.45) is 0 Å². The fraction of sp³-hybridized carbons (Fsp3) is 0.333. The van der Waals surface area contributed by atoms with Crippen LogP contribution >= 0.6 is 24.0 Å². The highest BCUT2D eigenvalue weighted by atomic mass is 32.2. The van der Waals surface area contributed by atoms with Crippen LogP contribution in [-0.4, -0.2) is 57.6 Å². The van der Waals surface area contributed by atoms with Crippen LogP contribution in [0.5, 0.6) is 5.75 Å². The van der Waals surface area contributed by atoms with Crippen molar-refractivity contribution in [3.63, 3.8) is 0 Å². The molecule has 0 spiro atoms. The molecule has 24 heavy (non-hydrogen) atoms. The van der Waals surface area contributed by atoms with Crippen LogP contribution in [0.1, 0.15) is 15.9 Å². The van der Waals surface area contributed by atoms with Crippen molar-refractivity contribution >= 4 is 46.1 Å². The number of phenolic OH excluding ortho intramolecular Hbond substituents is 1. The molecule has 2 rings (SSSR count). The van der Waals surface area contributed by atoms with Gasteiger partial charge >= 0.3 is 5.97 Å². The molecule has 1 aromatic rings. The Hall–Kier alpha value is -2.13. The van der Waals surface area contributed by atoms with Crippen molar-refractivity contribution in [2.45, 2.75) is 6.92 Å². The van der Waals surface area contributed by atoms with E-state index in [-0.39, 0.29) is 30.3 Å². The van der Waals surface area contributed by atoms with Crippen molar-refractivity contribution < 1.29 is 24.2 Å². The molecule has 1 aromatic carbocycles. The highest BCUT2D eigenvalue weighted by Gasteiger charge is 2.26. The number of para-hydroxylation sites is 1. The van der Waals surface area contributed by atoms with Gasteiger partial charge in [0.25, 0.3) is 5.91 Å². The van der Waals surface area contributed by atoms with E-state index in [1.54, 1.807) is 19.1 Å². The summed E-state index contributed by atoms with van der Waals surface area (Å²) in [5, 5.41) is 12.3. The molecule has 2 amide bonds. The van der Waals surface area contributed by atoms with E-state index in [4.69, 9.17) is 17.0 Å². The van der Waals surface area contributed by atoms with Gasteiger partial charge in [-0.3, -0.25) is 14.5 Å². The number of esters is 1. The lowest BCUT2D eigenvalue weighted by Gasteiger charge is -2.15. The van der Waals surface area contributed by atoms with Gasteiger partial charge < -0.3 is 15.2 Å². The second kappa shape index (κ2) is 8.11. The van der Waals surface area contributed by atoms with E-state index in [1.807, 2.05) is 0 Å². The molecule has 7 nitrogen and oxygen atoms in total. The summed E-state index contributed by atoms with van der Waals surface area (Å²) < 4.78 is 5.36. The summed E-state index contributed by atoms with van der Waals surface area (Å²) in [4.78, 5) is 36.5. The standard InChI is InChI=1S/C15H16N2O5S2/c1-9-3-2-4-10(13(9)20)14(21)22-7-11(18)16-5-6-17-12(19)8-24-15(17)23/h2-4,20H,5-8H2,1H3,(H,16,18). The Morgan fingerprint density at radius 3 is 2.88 bits per heavy atom. The van der Waals surface area contributed by atoms with Crippen LogP contribution < -0.4 is 5.32 Å². The van der Waals surface area contributed by atoms with Crippen LogP contribution in [0.3, 0.4) is 0 Å². The number of thiocarbonyl (C=S) groups is 1. The zero-order valence-electron chi connectivity index (χ0n) is 12.9. The van der Waals surface area contributed by atoms with E-state index in [9.17, 15) is 19.5 Å². The Morgan fingerprint density at radius 1 is 1.46 bits per heavy atom. The molecule has 9 heteroatoms. The Bertz CT molecular complexity index is 676. The maximum Gasteiger partial charge on any atom is 0.342 e. The van der Waals surface area contributed by atoms with Gasteiger partial charge in [-0.15, -0.1) is 0 Å². The monoisotopic (exact) mass is 368 g/mol. The van der Waals surface area contributed by atoms with Crippen LogP contribution in [0, 0.1) is 6.92 Å². The minimum atomic E-state index is -0.779. The molecular formula is C15H16N2O5S2. The first kappa shape index (κ1) is 18.2. The number of thioether (sulfide) groups is 1. The summed E-state index contributed by atoms with van der Waals surface area (Å²) in [6, 6.07) is 4.68. The number of hydrogen-bond donors (Lipinski definition) is 2. The van der Waals surface area contributed by atoms with Gasteiger partial charge in [-0.1, -0.05) is 36.1 Å². The molecule has 128 valence electrons.